The van der Waals surface area contributed by atoms with E-state index >= 15 is 0 Å². The van der Waals surface area contributed by atoms with Crippen molar-refractivity contribution in [1.29, 1.82) is 0 Å². The summed E-state index contributed by atoms with van der Waals surface area (Å²) in [5.74, 6) is -0.258. The third-order valence-corrected chi connectivity index (χ3v) is 2.81. The molecule has 0 aromatic heterocycles. The maximum absolute atomic E-state index is 13.4. The summed E-state index contributed by atoms with van der Waals surface area (Å²) in [6, 6.07) is 1.26. The highest BCUT2D eigenvalue weighted by atomic mass is 79.9. The minimum atomic E-state index is -0.477. The van der Waals surface area contributed by atoms with E-state index in [2.05, 4.69) is 15.9 Å². The predicted octanol–water partition coefficient (Wildman–Crippen LogP) is 2.88. The van der Waals surface area contributed by atoms with E-state index < -0.39 is 5.54 Å². The number of aromatic hydroxyl groups is 1. The molecular weight excluding hydrogens is 261 g/mol. The molecule has 1 aromatic rings. The van der Waals surface area contributed by atoms with Gasteiger partial charge in [-0.25, -0.2) is 4.39 Å². The Hall–Kier alpha value is -0.610. The molecule has 0 radical (unpaired) electrons. The number of hydrogen-bond donors (Lipinski definition) is 2. The molecule has 0 saturated heterocycles. The number of halogens is 2. The first kappa shape index (κ1) is 12.5. The molecule has 0 unspecified atom stereocenters. The average molecular weight is 276 g/mol. The summed E-state index contributed by atoms with van der Waals surface area (Å²) in [6.45, 7) is 5.32. The van der Waals surface area contributed by atoms with Crippen molar-refractivity contribution in [3.05, 3.63) is 27.5 Å². The highest BCUT2D eigenvalue weighted by molar-refractivity contribution is 9.10. The van der Waals surface area contributed by atoms with Crippen LogP contribution in [-0.2, 0) is 6.42 Å². The van der Waals surface area contributed by atoms with Gasteiger partial charge in [0.05, 0.1) is 4.47 Å². The summed E-state index contributed by atoms with van der Waals surface area (Å²) in [5, 5.41) is 9.80. The average Bonchev–Trinajstić information content (AvgIpc) is 2.08. The van der Waals surface area contributed by atoms with Crippen LogP contribution >= 0.6 is 15.9 Å². The van der Waals surface area contributed by atoms with Crippen LogP contribution in [0.2, 0.25) is 0 Å². The minimum Gasteiger partial charge on any atom is -0.506 e. The Balaban J connectivity index is 3.27. The van der Waals surface area contributed by atoms with Gasteiger partial charge in [0.2, 0.25) is 0 Å². The van der Waals surface area contributed by atoms with Gasteiger partial charge in [-0.15, -0.1) is 0 Å². The molecule has 0 heterocycles. The Morgan fingerprint density at radius 1 is 1.53 bits per heavy atom. The molecule has 15 heavy (non-hydrogen) atoms. The second-order valence-electron chi connectivity index (χ2n) is 4.46. The Bertz CT molecular complexity index is 359. The van der Waals surface area contributed by atoms with Crippen molar-refractivity contribution in [3.63, 3.8) is 0 Å². The molecule has 1 aromatic carbocycles. The van der Waals surface area contributed by atoms with Gasteiger partial charge in [0, 0.05) is 11.1 Å². The zero-order valence-corrected chi connectivity index (χ0v) is 10.7. The van der Waals surface area contributed by atoms with Crippen LogP contribution in [0.25, 0.3) is 0 Å². The van der Waals surface area contributed by atoms with Crippen molar-refractivity contribution >= 4 is 15.9 Å². The molecule has 0 aliphatic rings. The van der Waals surface area contributed by atoms with E-state index in [-0.39, 0.29) is 11.6 Å². The number of phenols is 1. The molecule has 0 spiro atoms. The van der Waals surface area contributed by atoms with Gasteiger partial charge in [-0.2, -0.15) is 0 Å². The van der Waals surface area contributed by atoms with Crippen LogP contribution in [0.5, 0.6) is 5.75 Å². The van der Waals surface area contributed by atoms with E-state index in [1.165, 1.54) is 6.07 Å². The van der Waals surface area contributed by atoms with E-state index in [4.69, 9.17) is 5.73 Å². The van der Waals surface area contributed by atoms with Crippen LogP contribution in [0.3, 0.4) is 0 Å². The summed E-state index contributed by atoms with van der Waals surface area (Å²) in [4.78, 5) is 0. The summed E-state index contributed by atoms with van der Waals surface area (Å²) in [6.07, 6.45) is 0.432. The summed E-state index contributed by atoms with van der Waals surface area (Å²) >= 11 is 3.11. The molecule has 0 saturated carbocycles. The largest absolute Gasteiger partial charge is 0.506 e. The number of rotatable bonds is 2. The van der Waals surface area contributed by atoms with Crippen LogP contribution < -0.4 is 5.73 Å². The van der Waals surface area contributed by atoms with Gasteiger partial charge >= 0.3 is 0 Å². The smallest absolute Gasteiger partial charge is 0.133 e. The maximum Gasteiger partial charge on any atom is 0.133 e. The molecule has 1 rings (SSSR count). The Kier molecular flexibility index (Phi) is 3.41. The Morgan fingerprint density at radius 2 is 2.07 bits per heavy atom. The molecule has 3 N–H and O–H groups in total. The van der Waals surface area contributed by atoms with Gasteiger partial charge < -0.3 is 10.8 Å². The van der Waals surface area contributed by atoms with E-state index in [9.17, 15) is 9.50 Å². The summed E-state index contributed by atoms with van der Waals surface area (Å²) < 4.78 is 13.8. The highest BCUT2D eigenvalue weighted by Crippen LogP contribution is 2.33. The lowest BCUT2D eigenvalue weighted by Crippen LogP contribution is -2.34. The molecule has 0 aliphatic heterocycles. The fourth-order valence-electron chi connectivity index (χ4n) is 1.43. The lowest BCUT2D eigenvalue weighted by Gasteiger charge is -2.21. The lowest BCUT2D eigenvalue weighted by molar-refractivity contribution is 0.442. The van der Waals surface area contributed by atoms with Crippen molar-refractivity contribution in [2.45, 2.75) is 32.7 Å². The van der Waals surface area contributed by atoms with Gasteiger partial charge in [0.1, 0.15) is 11.6 Å². The van der Waals surface area contributed by atoms with Gasteiger partial charge in [-0.05, 0) is 54.8 Å². The van der Waals surface area contributed by atoms with Gasteiger partial charge in [-0.1, -0.05) is 0 Å². The first-order valence-electron chi connectivity index (χ1n) is 4.67. The quantitative estimate of drug-likeness (QED) is 0.872. The zero-order valence-electron chi connectivity index (χ0n) is 9.06. The molecule has 0 amide bonds. The molecule has 0 fully saturated rings. The van der Waals surface area contributed by atoms with Crippen LogP contribution in [0, 0.1) is 12.7 Å². The van der Waals surface area contributed by atoms with Crippen LogP contribution in [0.4, 0.5) is 4.39 Å². The number of phenolic OH excluding ortho intramolecular Hbond substituents is 1. The molecular formula is C11H15BrFNO. The zero-order chi connectivity index (χ0) is 11.8. The van der Waals surface area contributed by atoms with E-state index in [0.717, 1.165) is 0 Å². The van der Waals surface area contributed by atoms with Crippen LogP contribution in [0.1, 0.15) is 25.0 Å². The molecule has 2 nitrogen and oxygen atoms in total. The normalized spacial score (nSPS) is 11.9. The number of nitrogens with two attached hydrogens (primary N) is 1. The monoisotopic (exact) mass is 275 g/mol. The fraction of sp³-hybridized carbons (Fsp3) is 0.455. The molecule has 84 valence electrons. The first-order valence-corrected chi connectivity index (χ1v) is 5.47. The molecule has 0 aliphatic carbocycles. The fourth-order valence-corrected chi connectivity index (χ4v) is 1.87. The van der Waals surface area contributed by atoms with Crippen molar-refractivity contribution in [2.24, 2.45) is 5.73 Å². The maximum atomic E-state index is 13.4. The van der Waals surface area contributed by atoms with Crippen molar-refractivity contribution in [1.82, 2.24) is 0 Å². The first-order chi connectivity index (χ1) is 6.72. The van der Waals surface area contributed by atoms with Crippen molar-refractivity contribution in [3.8, 4) is 5.75 Å². The third-order valence-electron chi connectivity index (χ3n) is 2.21. The van der Waals surface area contributed by atoms with Gasteiger partial charge in [-0.3, -0.25) is 0 Å². The number of hydrogen-bond acceptors (Lipinski definition) is 2. The Labute approximate surface area is 97.4 Å². The summed E-state index contributed by atoms with van der Waals surface area (Å²) in [5.41, 5.74) is 6.40. The van der Waals surface area contributed by atoms with Gasteiger partial charge in [0.15, 0.2) is 0 Å². The lowest BCUT2D eigenvalue weighted by atomic mass is 9.92. The second kappa shape index (κ2) is 4.10. The Morgan fingerprint density at radius 3 is 2.53 bits per heavy atom. The second-order valence-corrected chi connectivity index (χ2v) is 5.31. The highest BCUT2D eigenvalue weighted by Gasteiger charge is 2.20. The molecule has 0 atom stereocenters. The van der Waals surface area contributed by atoms with E-state index in [1.807, 2.05) is 13.8 Å². The third kappa shape index (κ3) is 2.92. The SMILES string of the molecule is Cc1c(F)cc(Br)c(O)c1CC(C)(C)N. The van der Waals surface area contributed by atoms with Crippen molar-refractivity contribution < 1.29 is 9.50 Å². The van der Waals surface area contributed by atoms with E-state index in [0.29, 0.717) is 22.0 Å². The molecule has 0 bridgehead atoms. The van der Waals surface area contributed by atoms with E-state index in [1.54, 1.807) is 6.92 Å². The number of benzene rings is 1. The van der Waals surface area contributed by atoms with Crippen LogP contribution in [-0.4, -0.2) is 10.6 Å². The minimum absolute atomic E-state index is 0.0763. The standard InChI is InChI=1S/C11H15BrFNO/c1-6-7(5-11(2,3)14)10(15)8(12)4-9(6)13/h4,15H,5,14H2,1-3H3. The summed E-state index contributed by atoms with van der Waals surface area (Å²) in [7, 11) is 0. The van der Waals surface area contributed by atoms with Crippen LogP contribution in [0.15, 0.2) is 10.5 Å². The van der Waals surface area contributed by atoms with Crippen molar-refractivity contribution in [2.75, 3.05) is 0 Å². The van der Waals surface area contributed by atoms with Gasteiger partial charge in [0.25, 0.3) is 0 Å². The predicted molar refractivity (Wildman–Crippen MR) is 62.5 cm³/mol. The topological polar surface area (TPSA) is 46.2 Å². The molecule has 4 heteroatoms.